The largest absolute Gasteiger partial charge is 0.416 e. The highest BCUT2D eigenvalue weighted by molar-refractivity contribution is 9.10. The van der Waals surface area contributed by atoms with Gasteiger partial charge in [-0.05, 0) is 42.5 Å². The normalized spacial score (nSPS) is 11.0. The van der Waals surface area contributed by atoms with E-state index in [1.807, 2.05) is 0 Å². The van der Waals surface area contributed by atoms with Gasteiger partial charge in [0.25, 0.3) is 5.91 Å². The van der Waals surface area contributed by atoms with Crippen molar-refractivity contribution in [2.75, 3.05) is 10.7 Å². The Kier molecular flexibility index (Phi) is 6.79. The van der Waals surface area contributed by atoms with Crippen LogP contribution in [-0.2, 0) is 6.18 Å². The van der Waals surface area contributed by atoms with Crippen LogP contribution in [0.15, 0.2) is 53.3 Å². The molecule has 0 radical (unpaired) electrons. The number of hydrazine groups is 1. The third-order valence-corrected chi connectivity index (χ3v) is 4.81. The fraction of sp³-hybridized carbons (Fsp3) is 0.0556. The molecule has 14 heteroatoms. The minimum Gasteiger partial charge on any atom is -0.333 e. The van der Waals surface area contributed by atoms with Crippen LogP contribution >= 0.6 is 27.5 Å². The van der Waals surface area contributed by atoms with Crippen molar-refractivity contribution in [2.24, 2.45) is 0 Å². The van der Waals surface area contributed by atoms with Gasteiger partial charge in [0.05, 0.1) is 21.2 Å². The van der Waals surface area contributed by atoms with Crippen molar-refractivity contribution in [1.29, 1.82) is 0 Å². The van der Waals surface area contributed by atoms with Crippen molar-refractivity contribution in [3.63, 3.8) is 0 Å². The lowest BCUT2D eigenvalue weighted by Gasteiger charge is -2.13. The minimum atomic E-state index is -4.65. The third-order valence-electron chi connectivity index (χ3n) is 3.95. The molecule has 0 spiro atoms. The molecule has 1 aromatic heterocycles. The second-order valence-corrected chi connectivity index (χ2v) is 7.40. The number of nitrogens with zero attached hydrogens (tertiary/aromatic N) is 3. The van der Waals surface area contributed by atoms with Gasteiger partial charge >= 0.3 is 11.9 Å². The molecule has 3 rings (SSSR count). The molecule has 0 atom stereocenters. The van der Waals surface area contributed by atoms with Crippen molar-refractivity contribution >= 4 is 56.4 Å². The van der Waals surface area contributed by atoms with Crippen LogP contribution in [0.3, 0.4) is 0 Å². The Balaban J connectivity index is 1.88. The van der Waals surface area contributed by atoms with Crippen molar-refractivity contribution in [3.8, 4) is 0 Å². The van der Waals surface area contributed by atoms with E-state index in [1.165, 1.54) is 12.1 Å². The standard InChI is InChI=1S/C18H11BrClF3N6O3/c19-11-4-1-9(2-5-11)17(30)28-27-16-14(29(31)32)15(24-8-25-16)26-13-7-10(18(21,22)23)3-6-12(13)20/h1-8H,(H,28,30)(H2,24,25,26,27). The van der Waals surface area contributed by atoms with Crippen LogP contribution in [0.25, 0.3) is 0 Å². The van der Waals surface area contributed by atoms with Gasteiger partial charge in [0.15, 0.2) is 0 Å². The lowest BCUT2D eigenvalue weighted by molar-refractivity contribution is -0.383. The highest BCUT2D eigenvalue weighted by atomic mass is 79.9. The predicted molar refractivity (Wildman–Crippen MR) is 114 cm³/mol. The predicted octanol–water partition coefficient (Wildman–Crippen LogP) is 5.32. The number of aromatic nitrogens is 2. The van der Waals surface area contributed by atoms with Gasteiger partial charge in [-0.1, -0.05) is 27.5 Å². The Labute approximate surface area is 191 Å². The van der Waals surface area contributed by atoms with Crippen LogP contribution in [0.2, 0.25) is 5.02 Å². The Bertz CT molecular complexity index is 1180. The average molecular weight is 532 g/mol. The average Bonchev–Trinajstić information content (AvgIpc) is 2.73. The van der Waals surface area contributed by atoms with Crippen LogP contribution in [-0.4, -0.2) is 20.8 Å². The summed E-state index contributed by atoms with van der Waals surface area (Å²) in [7, 11) is 0. The molecule has 0 aliphatic rings. The zero-order valence-corrected chi connectivity index (χ0v) is 17.9. The first kappa shape index (κ1) is 23.2. The van der Waals surface area contributed by atoms with Gasteiger partial charge in [-0.25, -0.2) is 9.97 Å². The van der Waals surface area contributed by atoms with Gasteiger partial charge in [0.1, 0.15) is 6.33 Å². The van der Waals surface area contributed by atoms with E-state index in [0.29, 0.717) is 6.07 Å². The van der Waals surface area contributed by atoms with E-state index in [-0.39, 0.29) is 16.3 Å². The van der Waals surface area contributed by atoms with Gasteiger partial charge in [0.2, 0.25) is 11.6 Å². The lowest BCUT2D eigenvalue weighted by Crippen LogP contribution is -2.30. The van der Waals surface area contributed by atoms with Gasteiger partial charge in [-0.3, -0.25) is 25.8 Å². The molecule has 9 nitrogen and oxygen atoms in total. The zero-order chi connectivity index (χ0) is 23.5. The zero-order valence-electron chi connectivity index (χ0n) is 15.6. The molecule has 0 bridgehead atoms. The van der Waals surface area contributed by atoms with Crippen LogP contribution in [0.1, 0.15) is 15.9 Å². The highest BCUT2D eigenvalue weighted by Gasteiger charge is 2.31. The monoisotopic (exact) mass is 530 g/mol. The summed E-state index contributed by atoms with van der Waals surface area (Å²) in [6.07, 6.45) is -3.73. The molecule has 0 unspecified atom stereocenters. The summed E-state index contributed by atoms with van der Waals surface area (Å²) in [4.78, 5) is 30.4. The Morgan fingerprint density at radius 2 is 1.75 bits per heavy atom. The number of carbonyl (C=O) groups is 1. The first-order chi connectivity index (χ1) is 15.1. The first-order valence-corrected chi connectivity index (χ1v) is 9.68. The van der Waals surface area contributed by atoms with Crippen LogP contribution in [0.4, 0.5) is 36.2 Å². The number of halogens is 5. The molecule has 3 N–H and O–H groups in total. The molecule has 166 valence electrons. The van der Waals surface area contributed by atoms with Crippen molar-refractivity contribution in [1.82, 2.24) is 15.4 Å². The number of hydrogen-bond acceptors (Lipinski definition) is 7. The second kappa shape index (κ2) is 9.36. The number of anilines is 3. The molecule has 0 saturated heterocycles. The number of rotatable bonds is 6. The molecule has 32 heavy (non-hydrogen) atoms. The van der Waals surface area contributed by atoms with Crippen LogP contribution < -0.4 is 16.2 Å². The summed E-state index contributed by atoms with van der Waals surface area (Å²) >= 11 is 9.16. The molecule has 0 aliphatic carbocycles. The molecule has 2 aromatic carbocycles. The van der Waals surface area contributed by atoms with E-state index in [2.05, 4.69) is 42.1 Å². The maximum absolute atomic E-state index is 13.0. The molecule has 1 amide bonds. The molecular formula is C18H11BrClF3N6O3. The van der Waals surface area contributed by atoms with Gasteiger partial charge < -0.3 is 5.32 Å². The summed E-state index contributed by atoms with van der Waals surface area (Å²) in [6.45, 7) is 0. The van der Waals surface area contributed by atoms with E-state index in [9.17, 15) is 28.1 Å². The Morgan fingerprint density at radius 3 is 2.38 bits per heavy atom. The second-order valence-electron chi connectivity index (χ2n) is 6.08. The summed E-state index contributed by atoms with van der Waals surface area (Å²) < 4.78 is 39.7. The van der Waals surface area contributed by atoms with Crippen LogP contribution in [0, 0.1) is 10.1 Å². The smallest absolute Gasteiger partial charge is 0.333 e. The lowest BCUT2D eigenvalue weighted by atomic mass is 10.2. The summed E-state index contributed by atoms with van der Waals surface area (Å²) in [5.41, 5.74) is 2.85. The molecular weight excluding hydrogens is 521 g/mol. The van der Waals surface area contributed by atoms with E-state index in [4.69, 9.17) is 11.6 Å². The minimum absolute atomic E-state index is 0.121. The first-order valence-electron chi connectivity index (χ1n) is 8.51. The van der Waals surface area contributed by atoms with Crippen molar-refractivity contribution in [2.45, 2.75) is 6.18 Å². The molecule has 0 aliphatic heterocycles. The number of hydrogen-bond donors (Lipinski definition) is 3. The number of alkyl halides is 3. The number of benzene rings is 2. The molecule has 1 heterocycles. The summed E-state index contributed by atoms with van der Waals surface area (Å²) in [6, 6.07) is 8.74. The maximum Gasteiger partial charge on any atom is 0.416 e. The van der Waals surface area contributed by atoms with Gasteiger partial charge in [0, 0.05) is 10.0 Å². The fourth-order valence-corrected chi connectivity index (χ4v) is 2.88. The van der Waals surface area contributed by atoms with E-state index in [1.54, 1.807) is 12.1 Å². The van der Waals surface area contributed by atoms with E-state index >= 15 is 0 Å². The highest BCUT2D eigenvalue weighted by Crippen LogP contribution is 2.37. The SMILES string of the molecule is O=C(NNc1ncnc(Nc2cc(C(F)(F)F)ccc2Cl)c1[N+](=O)[O-])c1ccc(Br)cc1. The molecule has 0 saturated carbocycles. The quantitative estimate of drug-likeness (QED) is 0.291. The summed E-state index contributed by atoms with van der Waals surface area (Å²) in [5, 5.41) is 13.9. The third kappa shape index (κ3) is 5.42. The number of nitrogens with one attached hydrogen (secondary N) is 3. The number of amides is 1. The Morgan fingerprint density at radius 1 is 1.09 bits per heavy atom. The van der Waals surface area contributed by atoms with E-state index in [0.717, 1.165) is 22.9 Å². The summed E-state index contributed by atoms with van der Waals surface area (Å²) in [5.74, 6) is -1.45. The van der Waals surface area contributed by atoms with Gasteiger partial charge in [-0.15, -0.1) is 0 Å². The van der Waals surface area contributed by atoms with Gasteiger partial charge in [-0.2, -0.15) is 13.2 Å². The number of nitro groups is 1. The van der Waals surface area contributed by atoms with Crippen molar-refractivity contribution < 1.29 is 22.9 Å². The topological polar surface area (TPSA) is 122 Å². The number of carbonyl (C=O) groups excluding carboxylic acids is 1. The Hall–Kier alpha value is -3.45. The maximum atomic E-state index is 13.0. The molecule has 0 fully saturated rings. The van der Waals surface area contributed by atoms with Crippen LogP contribution in [0.5, 0.6) is 0 Å². The molecule has 3 aromatic rings. The fourth-order valence-electron chi connectivity index (χ4n) is 2.45. The van der Waals surface area contributed by atoms with Crippen molar-refractivity contribution in [3.05, 3.63) is 79.5 Å². The van der Waals surface area contributed by atoms with E-state index < -0.39 is 39.9 Å².